The van der Waals surface area contributed by atoms with Crippen LogP contribution in [0.2, 0.25) is 5.02 Å². The van der Waals surface area contributed by atoms with Crippen molar-refractivity contribution in [3.05, 3.63) is 54.9 Å². The van der Waals surface area contributed by atoms with Crippen molar-refractivity contribution in [1.82, 2.24) is 0 Å². The van der Waals surface area contributed by atoms with Gasteiger partial charge < -0.3 is 0 Å². The zero-order valence-electron chi connectivity index (χ0n) is 9.51. The van der Waals surface area contributed by atoms with Crippen molar-refractivity contribution < 1.29 is 4.39 Å². The minimum absolute atomic E-state index is 0.0555. The van der Waals surface area contributed by atoms with Crippen molar-refractivity contribution >= 4 is 54.8 Å². The van der Waals surface area contributed by atoms with E-state index in [1.54, 1.807) is 23.5 Å². The number of aryl methyl sites for hydroxylation is 1. The molecule has 18 heavy (non-hydrogen) atoms. The molecular formula is C13H10Br2ClFS. The van der Waals surface area contributed by atoms with Gasteiger partial charge in [0.15, 0.2) is 0 Å². The monoisotopic (exact) mass is 410 g/mol. The Bertz CT molecular complexity index is 548. The number of benzene rings is 1. The lowest BCUT2D eigenvalue weighted by molar-refractivity contribution is 0.609. The quantitative estimate of drug-likeness (QED) is 0.520. The van der Waals surface area contributed by atoms with Gasteiger partial charge in [-0.15, -0.1) is 11.3 Å². The summed E-state index contributed by atoms with van der Waals surface area (Å²) in [5, 5.41) is 0.476. The number of thiophene rings is 1. The molecule has 0 aliphatic rings. The van der Waals surface area contributed by atoms with Crippen LogP contribution in [-0.4, -0.2) is 0 Å². The van der Waals surface area contributed by atoms with Crippen molar-refractivity contribution in [2.45, 2.75) is 18.2 Å². The molecule has 0 N–H and O–H groups in total. The van der Waals surface area contributed by atoms with Crippen molar-refractivity contribution in [2.24, 2.45) is 0 Å². The Balaban J connectivity index is 2.26. The molecule has 0 saturated carbocycles. The second kappa shape index (κ2) is 6.04. The summed E-state index contributed by atoms with van der Waals surface area (Å²) in [7, 11) is 0. The standard InChI is InChI=1S/C13H10Br2ClFS/c1-7-5-9(14)13(18-7)10(15)6-8-11(16)3-2-4-12(8)17/h2-5,10H,6H2,1H3. The Morgan fingerprint density at radius 3 is 2.72 bits per heavy atom. The van der Waals surface area contributed by atoms with Gasteiger partial charge in [-0.2, -0.15) is 0 Å². The third-order valence-electron chi connectivity index (χ3n) is 2.57. The second-order valence-electron chi connectivity index (χ2n) is 3.94. The minimum Gasteiger partial charge on any atom is -0.207 e. The molecule has 0 saturated heterocycles. The van der Waals surface area contributed by atoms with Gasteiger partial charge in [0, 0.05) is 24.8 Å². The fourth-order valence-corrected chi connectivity index (χ4v) is 5.02. The van der Waals surface area contributed by atoms with Crippen LogP contribution in [0.1, 0.15) is 20.1 Å². The maximum absolute atomic E-state index is 13.7. The van der Waals surface area contributed by atoms with Gasteiger partial charge >= 0.3 is 0 Å². The highest BCUT2D eigenvalue weighted by atomic mass is 79.9. The Labute approximate surface area is 131 Å². The van der Waals surface area contributed by atoms with E-state index < -0.39 is 0 Å². The summed E-state index contributed by atoms with van der Waals surface area (Å²) in [5.74, 6) is -0.253. The minimum atomic E-state index is -0.253. The molecule has 1 heterocycles. The summed E-state index contributed by atoms with van der Waals surface area (Å²) < 4.78 is 14.8. The van der Waals surface area contributed by atoms with Gasteiger partial charge in [0.25, 0.3) is 0 Å². The van der Waals surface area contributed by atoms with Gasteiger partial charge in [-0.05, 0) is 47.5 Å². The maximum atomic E-state index is 13.7. The van der Waals surface area contributed by atoms with E-state index in [1.165, 1.54) is 10.9 Å². The van der Waals surface area contributed by atoms with Crippen LogP contribution < -0.4 is 0 Å². The molecule has 1 atom stereocenters. The molecule has 0 nitrogen and oxygen atoms in total. The number of hydrogen-bond donors (Lipinski definition) is 0. The predicted octanol–water partition coefficient (Wildman–Crippen LogP) is 6.29. The van der Waals surface area contributed by atoms with Crippen LogP contribution >= 0.6 is 54.8 Å². The van der Waals surface area contributed by atoms with Crippen LogP contribution in [0.5, 0.6) is 0 Å². The third kappa shape index (κ3) is 3.16. The molecule has 0 amide bonds. The largest absolute Gasteiger partial charge is 0.207 e. The lowest BCUT2D eigenvalue weighted by atomic mass is 10.1. The Morgan fingerprint density at radius 1 is 1.44 bits per heavy atom. The third-order valence-corrected chi connectivity index (χ3v) is 6.09. The van der Waals surface area contributed by atoms with Gasteiger partial charge in [-0.25, -0.2) is 4.39 Å². The summed E-state index contributed by atoms with van der Waals surface area (Å²) in [5.41, 5.74) is 0.555. The van der Waals surface area contributed by atoms with Crippen LogP contribution in [0.4, 0.5) is 4.39 Å². The molecule has 0 aliphatic heterocycles. The van der Waals surface area contributed by atoms with Crippen LogP contribution in [0, 0.1) is 12.7 Å². The SMILES string of the molecule is Cc1cc(Br)c(C(Br)Cc2c(F)cccc2Cl)s1. The molecule has 1 unspecified atom stereocenters. The lowest BCUT2D eigenvalue weighted by Crippen LogP contribution is -1.98. The Kier molecular flexibility index (Phi) is 4.86. The highest BCUT2D eigenvalue weighted by Gasteiger charge is 2.18. The van der Waals surface area contributed by atoms with E-state index in [9.17, 15) is 4.39 Å². The van der Waals surface area contributed by atoms with Crippen LogP contribution in [-0.2, 0) is 6.42 Å². The number of rotatable bonds is 3. The first-order chi connectivity index (χ1) is 8.49. The van der Waals surface area contributed by atoms with E-state index in [0.29, 0.717) is 17.0 Å². The average molecular weight is 413 g/mol. The number of hydrogen-bond acceptors (Lipinski definition) is 1. The molecule has 5 heteroatoms. The van der Waals surface area contributed by atoms with Crippen LogP contribution in [0.25, 0.3) is 0 Å². The summed E-state index contributed by atoms with van der Waals surface area (Å²) in [4.78, 5) is 2.44. The Hall–Kier alpha value is 0.1000. The van der Waals surface area contributed by atoms with Gasteiger partial charge in [-0.3, -0.25) is 0 Å². The van der Waals surface area contributed by atoms with E-state index in [2.05, 4.69) is 44.8 Å². The smallest absolute Gasteiger partial charge is 0.127 e. The van der Waals surface area contributed by atoms with Gasteiger partial charge in [0.1, 0.15) is 5.82 Å². The maximum Gasteiger partial charge on any atom is 0.127 e. The fraction of sp³-hybridized carbons (Fsp3) is 0.231. The summed E-state index contributed by atoms with van der Waals surface area (Å²) in [6, 6.07) is 6.84. The van der Waals surface area contributed by atoms with E-state index in [0.717, 1.165) is 9.35 Å². The lowest BCUT2D eigenvalue weighted by Gasteiger charge is -2.11. The number of alkyl halides is 1. The molecule has 0 aliphatic carbocycles. The molecule has 2 rings (SSSR count). The van der Waals surface area contributed by atoms with Gasteiger partial charge in [0.2, 0.25) is 0 Å². The second-order valence-corrected chi connectivity index (χ2v) is 7.60. The van der Waals surface area contributed by atoms with Gasteiger partial charge in [0.05, 0.1) is 4.83 Å². The normalized spacial score (nSPS) is 12.7. The molecule has 1 aromatic heterocycles. The first-order valence-electron chi connectivity index (χ1n) is 5.32. The summed E-state index contributed by atoms with van der Waals surface area (Å²) in [6.45, 7) is 2.05. The summed E-state index contributed by atoms with van der Waals surface area (Å²) >= 11 is 14.9. The molecule has 2 aromatic rings. The first kappa shape index (κ1) is 14.5. The zero-order valence-corrected chi connectivity index (χ0v) is 14.3. The van der Waals surface area contributed by atoms with E-state index >= 15 is 0 Å². The van der Waals surface area contributed by atoms with Crippen molar-refractivity contribution in [3.63, 3.8) is 0 Å². The highest BCUT2D eigenvalue weighted by molar-refractivity contribution is 9.11. The molecule has 0 bridgehead atoms. The molecule has 96 valence electrons. The van der Waals surface area contributed by atoms with E-state index in [4.69, 9.17) is 11.6 Å². The molecule has 0 fully saturated rings. The van der Waals surface area contributed by atoms with Crippen molar-refractivity contribution in [2.75, 3.05) is 0 Å². The fourth-order valence-electron chi connectivity index (χ4n) is 1.71. The summed E-state index contributed by atoms with van der Waals surface area (Å²) in [6.07, 6.45) is 0.532. The molecular weight excluding hydrogens is 402 g/mol. The average Bonchev–Trinajstić information content (AvgIpc) is 2.63. The Morgan fingerprint density at radius 2 is 2.17 bits per heavy atom. The molecule has 1 aromatic carbocycles. The van der Waals surface area contributed by atoms with Crippen LogP contribution in [0.3, 0.4) is 0 Å². The van der Waals surface area contributed by atoms with Crippen molar-refractivity contribution in [3.8, 4) is 0 Å². The van der Waals surface area contributed by atoms with E-state index in [1.807, 2.05) is 0 Å². The first-order valence-corrected chi connectivity index (χ1v) is 8.22. The van der Waals surface area contributed by atoms with Gasteiger partial charge in [-0.1, -0.05) is 33.6 Å². The topological polar surface area (TPSA) is 0 Å². The van der Waals surface area contributed by atoms with E-state index in [-0.39, 0.29) is 10.6 Å². The number of halogens is 4. The highest BCUT2D eigenvalue weighted by Crippen LogP contribution is 2.39. The zero-order chi connectivity index (χ0) is 13.3. The predicted molar refractivity (Wildman–Crippen MR) is 83.5 cm³/mol. The molecule has 0 radical (unpaired) electrons. The van der Waals surface area contributed by atoms with Crippen LogP contribution in [0.15, 0.2) is 28.7 Å². The molecule has 0 spiro atoms. The van der Waals surface area contributed by atoms with Crippen molar-refractivity contribution in [1.29, 1.82) is 0 Å².